The van der Waals surface area contributed by atoms with E-state index in [0.29, 0.717) is 5.69 Å². The van der Waals surface area contributed by atoms with Crippen LogP contribution < -0.4 is 5.32 Å². The summed E-state index contributed by atoms with van der Waals surface area (Å²) in [5.41, 5.74) is 1.55. The molecule has 0 radical (unpaired) electrons. The standard InChI is InChI=1S/C14H22N2O2/c1-10-4-3-5-11(10)8-15-9-12-6-7-13(16-12)14(17)18-2/h6-7,10-11,15-16H,3-5,8-9H2,1-2H3. The molecule has 4 nitrogen and oxygen atoms in total. The van der Waals surface area contributed by atoms with Gasteiger partial charge in [-0.25, -0.2) is 4.79 Å². The van der Waals surface area contributed by atoms with E-state index in [1.807, 2.05) is 6.07 Å². The molecule has 0 aliphatic heterocycles. The van der Waals surface area contributed by atoms with Gasteiger partial charge in [0.15, 0.2) is 0 Å². The number of carbonyl (C=O) groups is 1. The molecule has 2 N–H and O–H groups in total. The summed E-state index contributed by atoms with van der Waals surface area (Å²) >= 11 is 0. The van der Waals surface area contributed by atoms with Crippen LogP contribution in [0, 0.1) is 11.8 Å². The fourth-order valence-electron chi connectivity index (χ4n) is 2.69. The van der Waals surface area contributed by atoms with Gasteiger partial charge in [-0.15, -0.1) is 0 Å². The Morgan fingerprint density at radius 2 is 2.33 bits per heavy atom. The molecule has 2 rings (SSSR count). The van der Waals surface area contributed by atoms with Gasteiger partial charge in [-0.1, -0.05) is 19.8 Å². The van der Waals surface area contributed by atoms with Crippen LogP contribution in [0.15, 0.2) is 12.1 Å². The average molecular weight is 250 g/mol. The van der Waals surface area contributed by atoms with Gasteiger partial charge in [0, 0.05) is 12.2 Å². The van der Waals surface area contributed by atoms with Crippen molar-refractivity contribution in [1.29, 1.82) is 0 Å². The minimum absolute atomic E-state index is 0.314. The quantitative estimate of drug-likeness (QED) is 0.789. The van der Waals surface area contributed by atoms with E-state index in [2.05, 4.69) is 22.0 Å². The predicted molar refractivity (Wildman–Crippen MR) is 70.3 cm³/mol. The lowest BCUT2D eigenvalue weighted by Gasteiger charge is -2.15. The molecule has 0 spiro atoms. The molecular formula is C14H22N2O2. The maximum atomic E-state index is 11.3. The van der Waals surface area contributed by atoms with E-state index in [9.17, 15) is 4.79 Å². The molecular weight excluding hydrogens is 228 g/mol. The number of hydrogen-bond donors (Lipinski definition) is 2. The van der Waals surface area contributed by atoms with Crippen molar-refractivity contribution in [1.82, 2.24) is 10.3 Å². The Kier molecular flexibility index (Phi) is 4.42. The third kappa shape index (κ3) is 3.13. The summed E-state index contributed by atoms with van der Waals surface area (Å²) in [7, 11) is 1.39. The Hall–Kier alpha value is -1.29. The number of esters is 1. The number of carbonyl (C=O) groups excluding carboxylic acids is 1. The summed E-state index contributed by atoms with van der Waals surface area (Å²) in [6.07, 6.45) is 4.07. The first-order chi connectivity index (χ1) is 8.70. The molecule has 1 aromatic heterocycles. The highest BCUT2D eigenvalue weighted by molar-refractivity contribution is 5.87. The van der Waals surface area contributed by atoms with Crippen molar-refractivity contribution in [3.8, 4) is 0 Å². The normalized spacial score (nSPS) is 23.2. The smallest absolute Gasteiger partial charge is 0.354 e. The third-order valence-electron chi connectivity index (χ3n) is 3.91. The van der Waals surface area contributed by atoms with Gasteiger partial charge in [-0.05, 0) is 36.9 Å². The lowest BCUT2D eigenvalue weighted by Crippen LogP contribution is -2.24. The van der Waals surface area contributed by atoms with Crippen molar-refractivity contribution < 1.29 is 9.53 Å². The summed E-state index contributed by atoms with van der Waals surface area (Å²) in [5.74, 6) is 1.33. The highest BCUT2D eigenvalue weighted by atomic mass is 16.5. The summed E-state index contributed by atoms with van der Waals surface area (Å²) in [5, 5.41) is 3.46. The van der Waals surface area contributed by atoms with E-state index < -0.39 is 0 Å². The predicted octanol–water partition coefficient (Wildman–Crippen LogP) is 2.33. The Bertz CT molecular complexity index is 400. The van der Waals surface area contributed by atoms with Crippen molar-refractivity contribution in [2.75, 3.05) is 13.7 Å². The SMILES string of the molecule is COC(=O)c1ccc(CNCC2CCCC2C)[nH]1. The number of rotatable bonds is 5. The molecule has 0 saturated heterocycles. The van der Waals surface area contributed by atoms with Gasteiger partial charge in [-0.3, -0.25) is 0 Å². The monoisotopic (exact) mass is 250 g/mol. The zero-order valence-electron chi connectivity index (χ0n) is 11.2. The molecule has 1 fully saturated rings. The summed E-state index contributed by atoms with van der Waals surface area (Å²) in [6.45, 7) is 4.18. The zero-order chi connectivity index (χ0) is 13.0. The number of ether oxygens (including phenoxy) is 1. The Labute approximate surface area is 108 Å². The summed E-state index contributed by atoms with van der Waals surface area (Å²) in [4.78, 5) is 14.3. The largest absolute Gasteiger partial charge is 0.464 e. The lowest BCUT2D eigenvalue weighted by atomic mass is 9.98. The topological polar surface area (TPSA) is 54.1 Å². The summed E-state index contributed by atoms with van der Waals surface area (Å²) in [6, 6.07) is 3.69. The first kappa shape index (κ1) is 13.1. The molecule has 0 bridgehead atoms. The zero-order valence-corrected chi connectivity index (χ0v) is 11.2. The van der Waals surface area contributed by atoms with Gasteiger partial charge in [0.2, 0.25) is 0 Å². The van der Waals surface area contributed by atoms with Gasteiger partial charge in [0.1, 0.15) is 5.69 Å². The van der Waals surface area contributed by atoms with Crippen LogP contribution in [0.4, 0.5) is 0 Å². The van der Waals surface area contributed by atoms with Crippen molar-refractivity contribution >= 4 is 5.97 Å². The van der Waals surface area contributed by atoms with Crippen LogP contribution in [0.3, 0.4) is 0 Å². The fourth-order valence-corrected chi connectivity index (χ4v) is 2.69. The van der Waals surface area contributed by atoms with E-state index in [0.717, 1.165) is 30.6 Å². The molecule has 1 aliphatic carbocycles. The molecule has 1 heterocycles. The van der Waals surface area contributed by atoms with E-state index >= 15 is 0 Å². The van der Waals surface area contributed by atoms with Crippen molar-refractivity contribution in [3.63, 3.8) is 0 Å². The first-order valence-corrected chi connectivity index (χ1v) is 6.67. The van der Waals surface area contributed by atoms with Gasteiger partial charge < -0.3 is 15.0 Å². The molecule has 100 valence electrons. The van der Waals surface area contributed by atoms with Gasteiger partial charge in [-0.2, -0.15) is 0 Å². The van der Waals surface area contributed by atoms with Crippen LogP contribution in [0.25, 0.3) is 0 Å². The minimum Gasteiger partial charge on any atom is -0.464 e. The molecule has 1 aliphatic rings. The van der Waals surface area contributed by atoms with E-state index in [-0.39, 0.29) is 5.97 Å². The molecule has 0 amide bonds. The molecule has 1 saturated carbocycles. The number of hydrogen-bond acceptors (Lipinski definition) is 3. The first-order valence-electron chi connectivity index (χ1n) is 6.67. The molecule has 2 unspecified atom stereocenters. The van der Waals surface area contributed by atoms with E-state index in [1.54, 1.807) is 6.07 Å². The second-order valence-electron chi connectivity index (χ2n) is 5.19. The number of aromatic nitrogens is 1. The minimum atomic E-state index is -0.314. The van der Waals surface area contributed by atoms with Crippen molar-refractivity contribution in [2.24, 2.45) is 11.8 Å². The molecule has 2 atom stereocenters. The number of aromatic amines is 1. The van der Waals surface area contributed by atoms with Crippen LogP contribution >= 0.6 is 0 Å². The van der Waals surface area contributed by atoms with Crippen LogP contribution in [-0.2, 0) is 11.3 Å². The molecule has 0 aromatic carbocycles. The second kappa shape index (κ2) is 6.05. The van der Waals surface area contributed by atoms with Crippen LogP contribution in [-0.4, -0.2) is 24.6 Å². The highest BCUT2D eigenvalue weighted by Gasteiger charge is 2.22. The maximum absolute atomic E-state index is 11.3. The highest BCUT2D eigenvalue weighted by Crippen LogP contribution is 2.30. The number of nitrogens with one attached hydrogen (secondary N) is 2. The number of methoxy groups -OCH3 is 1. The van der Waals surface area contributed by atoms with E-state index in [1.165, 1.54) is 26.4 Å². The van der Waals surface area contributed by atoms with Gasteiger partial charge in [0.05, 0.1) is 7.11 Å². The molecule has 1 aromatic rings. The lowest BCUT2D eigenvalue weighted by molar-refractivity contribution is 0.0594. The Balaban J connectivity index is 1.76. The van der Waals surface area contributed by atoms with Crippen molar-refractivity contribution in [2.45, 2.75) is 32.7 Å². The van der Waals surface area contributed by atoms with Crippen LogP contribution in [0.2, 0.25) is 0 Å². The molecule has 18 heavy (non-hydrogen) atoms. The molecule has 4 heteroatoms. The fraction of sp³-hybridized carbons (Fsp3) is 0.643. The number of H-pyrrole nitrogens is 1. The summed E-state index contributed by atoms with van der Waals surface area (Å²) < 4.78 is 4.66. The Morgan fingerprint density at radius 3 is 3.00 bits per heavy atom. The van der Waals surface area contributed by atoms with E-state index in [4.69, 9.17) is 0 Å². The third-order valence-corrected chi connectivity index (χ3v) is 3.91. The van der Waals surface area contributed by atoms with Crippen LogP contribution in [0.1, 0.15) is 42.4 Å². The second-order valence-corrected chi connectivity index (χ2v) is 5.19. The van der Waals surface area contributed by atoms with Gasteiger partial charge >= 0.3 is 5.97 Å². The maximum Gasteiger partial charge on any atom is 0.354 e. The Morgan fingerprint density at radius 1 is 1.50 bits per heavy atom. The average Bonchev–Trinajstić information content (AvgIpc) is 2.99. The van der Waals surface area contributed by atoms with Gasteiger partial charge in [0.25, 0.3) is 0 Å². The van der Waals surface area contributed by atoms with Crippen molar-refractivity contribution in [3.05, 3.63) is 23.5 Å². The van der Waals surface area contributed by atoms with Crippen LogP contribution in [0.5, 0.6) is 0 Å².